The molecule has 1 heterocycles. The monoisotopic (exact) mass is 356 g/mol. The standard InChI is InChI=1S/C17H10F6N2/c18-16(19,20)14-10-15(17(21,22)23)25(24-14)13-9-5-4-8-12(13)11-6-2-1-3-7-11/h1-10H. The van der Waals surface area contributed by atoms with Crippen molar-refractivity contribution in [2.75, 3.05) is 0 Å². The molecule has 130 valence electrons. The zero-order valence-electron chi connectivity index (χ0n) is 12.4. The van der Waals surface area contributed by atoms with Gasteiger partial charge in [0.1, 0.15) is 5.69 Å². The van der Waals surface area contributed by atoms with Crippen LogP contribution in [0, 0.1) is 0 Å². The number of rotatable bonds is 2. The summed E-state index contributed by atoms with van der Waals surface area (Å²) in [6.07, 6.45) is -9.97. The molecule has 8 heteroatoms. The van der Waals surface area contributed by atoms with Gasteiger partial charge in [-0.05, 0) is 11.6 Å². The SMILES string of the molecule is FC(F)(F)c1cc(C(F)(F)F)n(-c2ccccc2-c2ccccc2)n1. The maximum absolute atomic E-state index is 13.2. The number of aromatic nitrogens is 2. The second kappa shape index (κ2) is 5.94. The van der Waals surface area contributed by atoms with Crippen LogP contribution in [0.25, 0.3) is 16.8 Å². The molecular formula is C17H10F6N2. The van der Waals surface area contributed by atoms with Gasteiger partial charge in [-0.15, -0.1) is 0 Å². The summed E-state index contributed by atoms with van der Waals surface area (Å²) in [5.74, 6) is 0. The van der Waals surface area contributed by atoms with E-state index in [4.69, 9.17) is 0 Å². The molecule has 0 aliphatic carbocycles. The predicted molar refractivity (Wildman–Crippen MR) is 79.0 cm³/mol. The van der Waals surface area contributed by atoms with Crippen molar-refractivity contribution < 1.29 is 26.3 Å². The molecule has 0 saturated heterocycles. The van der Waals surface area contributed by atoms with E-state index in [0.29, 0.717) is 15.8 Å². The van der Waals surface area contributed by atoms with E-state index in [-0.39, 0.29) is 11.8 Å². The van der Waals surface area contributed by atoms with Crippen molar-refractivity contribution in [3.05, 3.63) is 72.1 Å². The van der Waals surface area contributed by atoms with Crippen molar-refractivity contribution in [3.63, 3.8) is 0 Å². The maximum atomic E-state index is 13.2. The van der Waals surface area contributed by atoms with Crippen molar-refractivity contribution >= 4 is 0 Å². The van der Waals surface area contributed by atoms with E-state index in [1.165, 1.54) is 18.2 Å². The first-order valence-electron chi connectivity index (χ1n) is 7.07. The van der Waals surface area contributed by atoms with Crippen LogP contribution in [-0.4, -0.2) is 9.78 Å². The number of nitrogens with zero attached hydrogens (tertiary/aromatic N) is 2. The summed E-state index contributed by atoms with van der Waals surface area (Å²) in [7, 11) is 0. The second-order valence-corrected chi connectivity index (χ2v) is 5.21. The largest absolute Gasteiger partial charge is 0.435 e. The first-order valence-corrected chi connectivity index (χ1v) is 7.07. The molecule has 1 aromatic heterocycles. The molecule has 0 N–H and O–H groups in total. The minimum Gasteiger partial charge on any atom is -0.227 e. The highest BCUT2D eigenvalue weighted by Crippen LogP contribution is 2.38. The van der Waals surface area contributed by atoms with Gasteiger partial charge in [0, 0.05) is 11.6 Å². The van der Waals surface area contributed by atoms with Gasteiger partial charge >= 0.3 is 12.4 Å². The van der Waals surface area contributed by atoms with E-state index in [0.717, 1.165) is 0 Å². The Morgan fingerprint density at radius 2 is 1.32 bits per heavy atom. The molecule has 3 aromatic rings. The quantitative estimate of drug-likeness (QED) is 0.549. The van der Waals surface area contributed by atoms with Gasteiger partial charge in [0.25, 0.3) is 0 Å². The lowest BCUT2D eigenvalue weighted by molar-refractivity contribution is -0.143. The molecule has 0 aliphatic rings. The van der Waals surface area contributed by atoms with Gasteiger partial charge in [0.2, 0.25) is 0 Å². The van der Waals surface area contributed by atoms with Gasteiger partial charge in [0.05, 0.1) is 5.69 Å². The topological polar surface area (TPSA) is 17.8 Å². The predicted octanol–water partition coefficient (Wildman–Crippen LogP) is 5.58. The van der Waals surface area contributed by atoms with Gasteiger partial charge in [-0.25, -0.2) is 4.68 Å². The average Bonchev–Trinajstić information content (AvgIpc) is 3.01. The molecule has 0 fully saturated rings. The van der Waals surface area contributed by atoms with E-state index in [9.17, 15) is 26.3 Å². The third-order valence-electron chi connectivity index (χ3n) is 3.51. The van der Waals surface area contributed by atoms with Crippen LogP contribution >= 0.6 is 0 Å². The molecule has 25 heavy (non-hydrogen) atoms. The summed E-state index contributed by atoms with van der Waals surface area (Å²) in [4.78, 5) is 0. The normalized spacial score (nSPS) is 12.4. The summed E-state index contributed by atoms with van der Waals surface area (Å²) in [6, 6.07) is 14.3. The Morgan fingerprint density at radius 3 is 1.92 bits per heavy atom. The van der Waals surface area contributed by atoms with Gasteiger partial charge < -0.3 is 0 Å². The zero-order chi connectivity index (χ0) is 18.2. The smallest absolute Gasteiger partial charge is 0.227 e. The molecule has 0 saturated carbocycles. The van der Waals surface area contributed by atoms with Crippen LogP contribution in [0.3, 0.4) is 0 Å². The molecule has 0 aliphatic heterocycles. The minimum absolute atomic E-state index is 0.0156. The third kappa shape index (κ3) is 3.38. The van der Waals surface area contributed by atoms with E-state index in [1.807, 2.05) is 0 Å². The molecular weight excluding hydrogens is 346 g/mol. The fourth-order valence-electron chi connectivity index (χ4n) is 2.43. The van der Waals surface area contributed by atoms with Crippen molar-refractivity contribution in [1.29, 1.82) is 0 Å². The molecule has 3 rings (SSSR count). The van der Waals surface area contributed by atoms with Crippen molar-refractivity contribution in [3.8, 4) is 16.8 Å². The summed E-state index contributed by atoms with van der Waals surface area (Å²) >= 11 is 0. The Morgan fingerprint density at radius 1 is 0.720 bits per heavy atom. The van der Waals surface area contributed by atoms with Gasteiger partial charge in [-0.3, -0.25) is 0 Å². The Hall–Kier alpha value is -2.77. The number of para-hydroxylation sites is 1. The van der Waals surface area contributed by atoms with Gasteiger partial charge in [-0.2, -0.15) is 31.4 Å². The van der Waals surface area contributed by atoms with E-state index < -0.39 is 23.7 Å². The maximum Gasteiger partial charge on any atom is 0.435 e. The number of halogens is 6. The molecule has 0 unspecified atom stereocenters. The minimum atomic E-state index is -4.99. The van der Waals surface area contributed by atoms with Crippen LogP contribution in [0.2, 0.25) is 0 Å². The van der Waals surface area contributed by atoms with Crippen LogP contribution in [0.4, 0.5) is 26.3 Å². The molecule has 0 amide bonds. The highest BCUT2D eigenvalue weighted by atomic mass is 19.4. The average molecular weight is 356 g/mol. The first-order chi connectivity index (χ1) is 11.7. The second-order valence-electron chi connectivity index (χ2n) is 5.21. The highest BCUT2D eigenvalue weighted by molar-refractivity contribution is 5.73. The molecule has 0 radical (unpaired) electrons. The molecule has 2 nitrogen and oxygen atoms in total. The number of hydrogen-bond acceptors (Lipinski definition) is 1. The van der Waals surface area contributed by atoms with Gasteiger partial charge in [0.15, 0.2) is 5.69 Å². The van der Waals surface area contributed by atoms with Crippen LogP contribution in [0.15, 0.2) is 60.7 Å². The Labute approximate surface area is 138 Å². The summed E-state index contributed by atoms with van der Waals surface area (Å²) in [5.41, 5.74) is -2.26. The Kier molecular flexibility index (Phi) is 4.06. The van der Waals surface area contributed by atoms with Crippen molar-refractivity contribution in [2.45, 2.75) is 12.4 Å². The number of hydrogen-bond donors (Lipinski definition) is 0. The zero-order valence-corrected chi connectivity index (χ0v) is 12.4. The van der Waals surface area contributed by atoms with Crippen LogP contribution in [0.1, 0.15) is 11.4 Å². The van der Waals surface area contributed by atoms with Gasteiger partial charge in [-0.1, -0.05) is 48.5 Å². The molecule has 2 aromatic carbocycles. The molecule has 0 spiro atoms. The summed E-state index contributed by atoms with van der Waals surface area (Å²) in [5, 5.41) is 3.18. The number of benzene rings is 2. The Bertz CT molecular complexity index is 878. The molecule has 0 bridgehead atoms. The lowest BCUT2D eigenvalue weighted by atomic mass is 10.0. The fraction of sp³-hybridized carbons (Fsp3) is 0.118. The Balaban J connectivity index is 2.26. The highest BCUT2D eigenvalue weighted by Gasteiger charge is 2.42. The summed E-state index contributed by atoms with van der Waals surface area (Å²) in [6.45, 7) is 0. The third-order valence-corrected chi connectivity index (χ3v) is 3.51. The van der Waals surface area contributed by atoms with E-state index in [2.05, 4.69) is 5.10 Å². The summed E-state index contributed by atoms with van der Waals surface area (Å²) < 4.78 is 78.6. The van der Waals surface area contributed by atoms with Crippen molar-refractivity contribution in [1.82, 2.24) is 9.78 Å². The van der Waals surface area contributed by atoms with E-state index >= 15 is 0 Å². The lowest BCUT2D eigenvalue weighted by Crippen LogP contribution is -2.14. The van der Waals surface area contributed by atoms with Crippen molar-refractivity contribution in [2.24, 2.45) is 0 Å². The van der Waals surface area contributed by atoms with E-state index in [1.54, 1.807) is 36.4 Å². The van der Waals surface area contributed by atoms with Crippen LogP contribution in [0.5, 0.6) is 0 Å². The van der Waals surface area contributed by atoms with Crippen LogP contribution in [-0.2, 0) is 12.4 Å². The lowest BCUT2D eigenvalue weighted by Gasteiger charge is -2.14. The molecule has 0 atom stereocenters. The number of alkyl halides is 6. The fourth-order valence-corrected chi connectivity index (χ4v) is 2.43. The van der Waals surface area contributed by atoms with Crippen LogP contribution < -0.4 is 0 Å². The first kappa shape index (κ1) is 17.1.